The molecule has 2 aromatic rings. The van der Waals surface area contributed by atoms with Crippen molar-refractivity contribution in [2.45, 2.75) is 19.4 Å². The second-order valence-corrected chi connectivity index (χ2v) is 5.61. The van der Waals surface area contributed by atoms with Crippen molar-refractivity contribution in [2.75, 3.05) is 13.1 Å². The van der Waals surface area contributed by atoms with Gasteiger partial charge in [-0.2, -0.15) is 5.10 Å². The van der Waals surface area contributed by atoms with Crippen LogP contribution in [0, 0.1) is 5.92 Å². The number of nitrogens with two attached hydrogens (primary N) is 1. The molecule has 1 aromatic carbocycles. The van der Waals surface area contributed by atoms with E-state index >= 15 is 0 Å². The molecule has 1 aliphatic heterocycles. The van der Waals surface area contributed by atoms with Crippen molar-refractivity contribution in [3.05, 3.63) is 48.3 Å². The highest BCUT2D eigenvalue weighted by molar-refractivity contribution is 5.98. The van der Waals surface area contributed by atoms with Gasteiger partial charge in [-0.05, 0) is 44.0 Å². The van der Waals surface area contributed by atoms with E-state index in [1.54, 1.807) is 10.9 Å². The van der Waals surface area contributed by atoms with E-state index in [1.807, 2.05) is 41.4 Å². The quantitative estimate of drug-likeness (QED) is 0.932. The smallest absolute Gasteiger partial charge is 0.256 e. The summed E-state index contributed by atoms with van der Waals surface area (Å²) in [5.41, 5.74) is 7.25. The number of aromatic nitrogens is 2. The summed E-state index contributed by atoms with van der Waals surface area (Å²) in [7, 11) is 0. The maximum Gasteiger partial charge on any atom is 0.256 e. The molecule has 5 nitrogen and oxygen atoms in total. The van der Waals surface area contributed by atoms with Crippen LogP contribution in [0.15, 0.2) is 42.7 Å². The Labute approximate surface area is 124 Å². The minimum atomic E-state index is 0.0598. The Morgan fingerprint density at radius 2 is 2.19 bits per heavy atom. The molecular formula is C16H20N4O. The van der Waals surface area contributed by atoms with Gasteiger partial charge in [0.15, 0.2) is 0 Å². The Morgan fingerprint density at radius 3 is 2.86 bits per heavy atom. The fourth-order valence-corrected chi connectivity index (χ4v) is 3.02. The molecule has 1 amide bonds. The number of hydrogen-bond acceptors (Lipinski definition) is 3. The second-order valence-electron chi connectivity index (χ2n) is 5.61. The van der Waals surface area contributed by atoms with Crippen LogP contribution in [0.1, 0.15) is 23.7 Å². The zero-order valence-electron chi connectivity index (χ0n) is 12.1. The van der Waals surface area contributed by atoms with Crippen molar-refractivity contribution < 1.29 is 4.79 Å². The van der Waals surface area contributed by atoms with Crippen LogP contribution in [0.4, 0.5) is 0 Å². The fraction of sp³-hybridized carbons (Fsp3) is 0.375. The first-order chi connectivity index (χ1) is 10.2. The summed E-state index contributed by atoms with van der Waals surface area (Å²) < 4.78 is 1.73. The average Bonchev–Trinajstić information content (AvgIpc) is 3.16. The fourth-order valence-electron chi connectivity index (χ4n) is 3.02. The molecule has 0 aliphatic carbocycles. The largest absolute Gasteiger partial charge is 0.336 e. The number of rotatable bonds is 3. The van der Waals surface area contributed by atoms with E-state index in [9.17, 15) is 4.79 Å². The Bertz CT molecular complexity index is 623. The van der Waals surface area contributed by atoms with Crippen LogP contribution in [0.2, 0.25) is 0 Å². The molecule has 1 aliphatic rings. The van der Waals surface area contributed by atoms with Gasteiger partial charge in [-0.15, -0.1) is 0 Å². The zero-order chi connectivity index (χ0) is 14.8. The molecule has 2 heterocycles. The van der Waals surface area contributed by atoms with Crippen molar-refractivity contribution >= 4 is 5.91 Å². The molecule has 1 fully saturated rings. The number of nitrogens with zero attached hydrogens (tertiary/aromatic N) is 3. The van der Waals surface area contributed by atoms with Crippen LogP contribution < -0.4 is 5.73 Å². The maximum absolute atomic E-state index is 12.9. The number of likely N-dealkylation sites (tertiary alicyclic amines) is 1. The Kier molecular flexibility index (Phi) is 3.75. The molecule has 2 atom stereocenters. The number of benzene rings is 1. The summed E-state index contributed by atoms with van der Waals surface area (Å²) in [5.74, 6) is 0.463. The highest BCUT2D eigenvalue weighted by atomic mass is 16.2. The molecule has 0 spiro atoms. The predicted molar refractivity (Wildman–Crippen MR) is 81.2 cm³/mol. The van der Waals surface area contributed by atoms with Gasteiger partial charge >= 0.3 is 0 Å². The van der Waals surface area contributed by atoms with E-state index in [2.05, 4.69) is 12.0 Å². The van der Waals surface area contributed by atoms with Crippen molar-refractivity contribution in [3.63, 3.8) is 0 Å². The molecule has 21 heavy (non-hydrogen) atoms. The van der Waals surface area contributed by atoms with Gasteiger partial charge in [0, 0.05) is 25.0 Å². The lowest BCUT2D eigenvalue weighted by Crippen LogP contribution is -2.35. The SMILES string of the molecule is CC1CC(CN)CN1C(=O)c1ccccc1-n1cccn1. The first-order valence-electron chi connectivity index (χ1n) is 7.30. The molecule has 1 saturated heterocycles. The summed E-state index contributed by atoms with van der Waals surface area (Å²) in [5, 5.41) is 4.23. The summed E-state index contributed by atoms with van der Waals surface area (Å²) in [6.07, 6.45) is 4.54. The maximum atomic E-state index is 12.9. The lowest BCUT2D eigenvalue weighted by Gasteiger charge is -2.23. The van der Waals surface area contributed by atoms with E-state index in [1.165, 1.54) is 0 Å². The number of carbonyl (C=O) groups excluding carboxylic acids is 1. The molecule has 2 unspecified atom stereocenters. The highest BCUT2D eigenvalue weighted by Crippen LogP contribution is 2.26. The van der Waals surface area contributed by atoms with Crippen molar-refractivity contribution in [2.24, 2.45) is 11.7 Å². The van der Waals surface area contributed by atoms with Gasteiger partial charge in [-0.25, -0.2) is 4.68 Å². The number of hydrogen-bond donors (Lipinski definition) is 1. The molecule has 110 valence electrons. The van der Waals surface area contributed by atoms with Gasteiger partial charge in [0.05, 0.1) is 11.3 Å². The number of carbonyl (C=O) groups is 1. The Morgan fingerprint density at radius 1 is 1.38 bits per heavy atom. The van der Waals surface area contributed by atoms with Crippen molar-refractivity contribution in [3.8, 4) is 5.69 Å². The minimum absolute atomic E-state index is 0.0598. The summed E-state index contributed by atoms with van der Waals surface area (Å²) in [4.78, 5) is 14.8. The van der Waals surface area contributed by atoms with Crippen LogP contribution >= 0.6 is 0 Å². The summed E-state index contributed by atoms with van der Waals surface area (Å²) in [6.45, 7) is 3.46. The zero-order valence-corrected chi connectivity index (χ0v) is 12.1. The topological polar surface area (TPSA) is 64.2 Å². The van der Waals surface area contributed by atoms with Crippen LogP contribution in [0.25, 0.3) is 5.69 Å². The average molecular weight is 284 g/mol. The molecule has 5 heteroatoms. The highest BCUT2D eigenvalue weighted by Gasteiger charge is 2.33. The molecule has 0 saturated carbocycles. The second kappa shape index (κ2) is 5.69. The molecule has 1 aromatic heterocycles. The standard InChI is InChI=1S/C16H20N4O/c1-12-9-13(10-17)11-19(12)16(21)14-5-2-3-6-15(14)20-8-4-7-18-20/h2-8,12-13H,9-11,17H2,1H3. The molecular weight excluding hydrogens is 264 g/mol. The van der Waals surface area contributed by atoms with E-state index in [0.717, 1.165) is 18.7 Å². The van der Waals surface area contributed by atoms with Gasteiger partial charge in [-0.1, -0.05) is 12.1 Å². The van der Waals surface area contributed by atoms with E-state index in [0.29, 0.717) is 18.0 Å². The van der Waals surface area contributed by atoms with Gasteiger partial charge in [-0.3, -0.25) is 4.79 Å². The van der Waals surface area contributed by atoms with Gasteiger partial charge < -0.3 is 10.6 Å². The van der Waals surface area contributed by atoms with E-state index in [4.69, 9.17) is 5.73 Å². The monoisotopic (exact) mass is 284 g/mol. The third-order valence-corrected chi connectivity index (χ3v) is 4.14. The van der Waals surface area contributed by atoms with Crippen LogP contribution in [0.5, 0.6) is 0 Å². The third kappa shape index (κ3) is 2.56. The summed E-state index contributed by atoms with van der Waals surface area (Å²) >= 11 is 0. The van der Waals surface area contributed by atoms with Crippen molar-refractivity contribution in [1.82, 2.24) is 14.7 Å². The normalized spacial score (nSPS) is 21.7. The third-order valence-electron chi connectivity index (χ3n) is 4.14. The molecule has 2 N–H and O–H groups in total. The molecule has 0 radical (unpaired) electrons. The van der Waals surface area contributed by atoms with Crippen LogP contribution in [0.3, 0.4) is 0 Å². The van der Waals surface area contributed by atoms with E-state index < -0.39 is 0 Å². The molecule has 0 bridgehead atoms. The van der Waals surface area contributed by atoms with Gasteiger partial charge in [0.2, 0.25) is 0 Å². The Balaban J connectivity index is 1.92. The Hall–Kier alpha value is -2.14. The number of para-hydroxylation sites is 1. The van der Waals surface area contributed by atoms with Crippen LogP contribution in [-0.4, -0.2) is 39.7 Å². The van der Waals surface area contributed by atoms with Gasteiger partial charge in [0.25, 0.3) is 5.91 Å². The first-order valence-corrected chi connectivity index (χ1v) is 7.30. The minimum Gasteiger partial charge on any atom is -0.336 e. The molecule has 3 rings (SSSR count). The van der Waals surface area contributed by atoms with Crippen LogP contribution in [-0.2, 0) is 0 Å². The number of amides is 1. The van der Waals surface area contributed by atoms with Gasteiger partial charge in [0.1, 0.15) is 0 Å². The lowest BCUT2D eigenvalue weighted by molar-refractivity contribution is 0.0743. The first kappa shape index (κ1) is 13.8. The van der Waals surface area contributed by atoms with Crippen molar-refractivity contribution in [1.29, 1.82) is 0 Å². The van der Waals surface area contributed by atoms with E-state index in [-0.39, 0.29) is 11.9 Å². The lowest BCUT2D eigenvalue weighted by atomic mass is 10.1. The summed E-state index contributed by atoms with van der Waals surface area (Å²) in [6, 6.07) is 9.68. The predicted octanol–water partition coefficient (Wildman–Crippen LogP) is 1.68.